The number of amides is 2. The average molecular weight is 1030 g/mol. The van der Waals surface area contributed by atoms with Crippen molar-refractivity contribution in [1.29, 1.82) is 0 Å². The van der Waals surface area contributed by atoms with Gasteiger partial charge in [0.1, 0.15) is 47.0 Å². The number of ether oxygens (including phenoxy) is 5. The first-order valence-corrected chi connectivity index (χ1v) is 23.7. The van der Waals surface area contributed by atoms with Gasteiger partial charge < -0.3 is 44.5 Å². The average Bonchev–Trinajstić information content (AvgIpc) is 3.21. The van der Waals surface area contributed by atoms with Gasteiger partial charge in [-0.05, 0) is 138 Å². The number of halogens is 3. The summed E-state index contributed by atoms with van der Waals surface area (Å²) < 4.78 is 68.1. The highest BCUT2D eigenvalue weighted by Crippen LogP contribution is 2.41. The molecule has 0 heterocycles. The summed E-state index contributed by atoms with van der Waals surface area (Å²) in [4.78, 5) is 60.0. The maximum absolute atomic E-state index is 14.6. The molecule has 0 radical (unpaired) electrons. The molecule has 17 heteroatoms. The molecule has 410 valence electrons. The first kappa shape index (κ1) is 66.8. The summed E-state index contributed by atoms with van der Waals surface area (Å²) in [5, 5.41) is 25.5. The van der Waals surface area contributed by atoms with Crippen LogP contribution in [0.2, 0.25) is 0 Å². The third kappa shape index (κ3) is 26.0. The molecule has 4 N–H and O–H groups in total. The quantitative estimate of drug-likeness (QED) is 0.0666. The number of esters is 3. The number of hydrogen-bond acceptors (Lipinski definition) is 12. The Hall–Kier alpha value is -5.16. The summed E-state index contributed by atoms with van der Waals surface area (Å²) in [7, 11) is 0. The second-order valence-corrected chi connectivity index (χ2v) is 21.1. The molecule has 5 rings (SSSR count). The molecule has 0 spiro atoms. The molecule has 14 nitrogen and oxygen atoms in total. The first-order valence-electron chi connectivity index (χ1n) is 23.7. The van der Waals surface area contributed by atoms with Gasteiger partial charge in [0, 0.05) is 18.9 Å². The van der Waals surface area contributed by atoms with Crippen molar-refractivity contribution in [1.82, 2.24) is 10.6 Å². The van der Waals surface area contributed by atoms with Crippen LogP contribution in [0, 0.1) is 0 Å². The van der Waals surface area contributed by atoms with Gasteiger partial charge in [-0.25, -0.2) is 37.1 Å². The number of nitrogens with one attached hydrogen (secondary N) is 2. The van der Waals surface area contributed by atoms with Crippen molar-refractivity contribution in [2.24, 2.45) is 0 Å². The molecular weight excluding hydrogens is 938 g/mol. The second-order valence-electron chi connectivity index (χ2n) is 21.1. The minimum Gasteiger partial charge on any atom is -0.458 e. The van der Waals surface area contributed by atoms with Crippen molar-refractivity contribution in [3.8, 4) is 0 Å². The number of aliphatic hydroxyl groups is 2. The van der Waals surface area contributed by atoms with Gasteiger partial charge in [0.15, 0.2) is 12.1 Å². The number of carbonyl (C=O) groups is 5. The fourth-order valence-corrected chi connectivity index (χ4v) is 7.14. The van der Waals surface area contributed by atoms with Gasteiger partial charge in [0.25, 0.3) is 0 Å². The summed E-state index contributed by atoms with van der Waals surface area (Å²) in [6.07, 6.45) is 3.05. The molecule has 0 bridgehead atoms. The largest absolute Gasteiger partial charge is 0.458 e. The highest BCUT2D eigenvalue weighted by molar-refractivity contribution is 5.83. The van der Waals surface area contributed by atoms with E-state index in [1.165, 1.54) is 6.08 Å². The Morgan fingerprint density at radius 1 is 0.583 bits per heavy atom. The van der Waals surface area contributed by atoms with Crippen molar-refractivity contribution < 1.29 is 71.0 Å². The van der Waals surface area contributed by atoms with E-state index in [0.29, 0.717) is 44.9 Å². The fraction of sp³-hybridized carbons (Fsp3) is 0.655. The third-order valence-corrected chi connectivity index (χ3v) is 11.1. The zero-order chi connectivity index (χ0) is 51.7. The van der Waals surface area contributed by atoms with Crippen LogP contribution in [0.4, 0.5) is 22.8 Å². The lowest BCUT2D eigenvalue weighted by Gasteiger charge is -2.38. The zero-order valence-corrected chi connectivity index (χ0v) is 41.7. The predicted octanol–water partition coefficient (Wildman–Crippen LogP) is 11.6. The summed E-state index contributed by atoms with van der Waals surface area (Å²) in [6.45, 7) is 15.5. The minimum atomic E-state index is -1.68. The van der Waals surface area contributed by atoms with Crippen molar-refractivity contribution >= 4 is 30.1 Å². The molecule has 2 aromatic carbocycles. The monoisotopic (exact) mass is 1020 g/mol. The molecule has 2 aromatic rings. The molecule has 3 aliphatic rings. The van der Waals surface area contributed by atoms with Crippen LogP contribution in [0.3, 0.4) is 0 Å². The van der Waals surface area contributed by atoms with Gasteiger partial charge in [0.05, 0.1) is 12.1 Å². The normalized spacial score (nSPS) is 17.6. The van der Waals surface area contributed by atoms with E-state index < -0.39 is 88.2 Å². The Labute approximate surface area is 427 Å². The SMILES string of the molecule is C.C.C.CC(C)(C)OC(=O)/C=C/CC1(F)CCC1.CC(C)(C)OC(=O)C(NC(=O)OCc1ccccc1)C(O)CC1(F)CCC1.CC(C)(C)OC(=O)C(O)C(CC1(F)CCC1)NC(=O)OCc1ccccc1. The van der Waals surface area contributed by atoms with Crippen LogP contribution in [-0.4, -0.2) is 98.4 Å². The van der Waals surface area contributed by atoms with Crippen LogP contribution in [-0.2, 0) is 51.3 Å². The fourth-order valence-electron chi connectivity index (χ4n) is 7.14. The van der Waals surface area contributed by atoms with E-state index >= 15 is 0 Å². The number of aliphatic hydroxyl groups excluding tert-OH is 2. The van der Waals surface area contributed by atoms with Crippen LogP contribution >= 0.6 is 0 Å². The molecule has 3 fully saturated rings. The van der Waals surface area contributed by atoms with Gasteiger partial charge in [-0.1, -0.05) is 89.0 Å². The number of allylic oxidation sites excluding steroid dienone is 1. The standard InChI is InChI=1S/2C20H28FNO5.C12H19FO2.3CH4/c1-19(2,3)27-17(24)16(15(23)12-20(21)10-7-11-20)22-18(25)26-13-14-8-5-4-6-9-14;1-19(2,3)27-17(24)16(23)15(12-20(21)10-7-11-20)22-18(25)26-13-14-8-5-4-6-9-14;1-11(2,3)15-10(14)6-4-7-12(13)8-5-9-12;;;/h2*4-6,8-9,15-16,23H,7,10-13H2,1-3H3,(H,22,25);4,6H,5,7-9H2,1-3H3;3*1H4/b;;6-4+;;;. The molecule has 72 heavy (non-hydrogen) atoms. The molecular formula is C55H87F3N2O12. The molecule has 0 aliphatic heterocycles. The molecule has 0 aromatic heterocycles. The smallest absolute Gasteiger partial charge is 0.408 e. The van der Waals surface area contributed by atoms with Crippen LogP contribution < -0.4 is 10.6 Å². The van der Waals surface area contributed by atoms with Crippen molar-refractivity contribution in [3.63, 3.8) is 0 Å². The second kappa shape index (κ2) is 29.5. The molecule has 2 amide bonds. The highest BCUT2D eigenvalue weighted by atomic mass is 19.2. The topological polar surface area (TPSA) is 196 Å². The minimum absolute atomic E-state index is 0. The predicted molar refractivity (Wildman–Crippen MR) is 273 cm³/mol. The molecule has 0 saturated heterocycles. The number of benzene rings is 2. The van der Waals surface area contributed by atoms with Crippen molar-refractivity contribution in [2.45, 2.75) is 233 Å². The Balaban J connectivity index is 0.00000107. The van der Waals surface area contributed by atoms with E-state index in [4.69, 9.17) is 23.7 Å². The van der Waals surface area contributed by atoms with Gasteiger partial charge in [0.2, 0.25) is 0 Å². The number of alkyl halides is 3. The zero-order valence-electron chi connectivity index (χ0n) is 41.7. The summed E-state index contributed by atoms with van der Waals surface area (Å²) >= 11 is 0. The number of alkyl carbamates (subject to hydrolysis) is 2. The molecule has 4 unspecified atom stereocenters. The van der Waals surface area contributed by atoms with Crippen molar-refractivity contribution in [3.05, 3.63) is 83.9 Å². The number of hydrogen-bond donors (Lipinski definition) is 4. The Morgan fingerprint density at radius 2 is 0.972 bits per heavy atom. The van der Waals surface area contributed by atoms with E-state index in [1.807, 2.05) is 36.4 Å². The van der Waals surface area contributed by atoms with Crippen LogP contribution in [0.25, 0.3) is 0 Å². The van der Waals surface area contributed by atoms with Gasteiger partial charge in [-0.3, -0.25) is 0 Å². The van der Waals surface area contributed by atoms with Crippen LogP contribution in [0.5, 0.6) is 0 Å². The maximum atomic E-state index is 14.6. The Morgan fingerprint density at radius 3 is 1.36 bits per heavy atom. The lowest BCUT2D eigenvalue weighted by molar-refractivity contribution is -0.167. The van der Waals surface area contributed by atoms with E-state index in [9.17, 15) is 47.4 Å². The number of carbonyl (C=O) groups excluding carboxylic acids is 5. The Kier molecular flexibility index (Phi) is 27.4. The van der Waals surface area contributed by atoms with E-state index in [-0.39, 0.29) is 48.3 Å². The van der Waals surface area contributed by atoms with Gasteiger partial charge in [-0.2, -0.15) is 0 Å². The number of rotatable bonds is 17. The van der Waals surface area contributed by atoms with Gasteiger partial charge in [-0.15, -0.1) is 0 Å². The summed E-state index contributed by atoms with van der Waals surface area (Å²) in [5.74, 6) is -2.13. The lowest BCUT2D eigenvalue weighted by atomic mass is 9.77. The summed E-state index contributed by atoms with van der Waals surface area (Å²) in [6, 6.07) is 15.6. The maximum Gasteiger partial charge on any atom is 0.408 e. The van der Waals surface area contributed by atoms with E-state index in [0.717, 1.165) is 30.4 Å². The Bertz CT molecular complexity index is 1970. The lowest BCUT2D eigenvalue weighted by Crippen LogP contribution is -2.53. The van der Waals surface area contributed by atoms with E-state index in [2.05, 4.69) is 10.6 Å². The van der Waals surface area contributed by atoms with Gasteiger partial charge >= 0.3 is 30.1 Å². The van der Waals surface area contributed by atoms with Crippen molar-refractivity contribution in [2.75, 3.05) is 0 Å². The molecule has 3 aliphatic carbocycles. The van der Waals surface area contributed by atoms with Crippen LogP contribution in [0.1, 0.15) is 173 Å². The highest BCUT2D eigenvalue weighted by Gasteiger charge is 2.45. The first-order chi connectivity index (χ1) is 32.0. The third-order valence-electron chi connectivity index (χ3n) is 11.1. The molecule has 3 saturated carbocycles. The molecule has 4 atom stereocenters. The van der Waals surface area contributed by atoms with Crippen LogP contribution in [0.15, 0.2) is 72.8 Å². The summed E-state index contributed by atoms with van der Waals surface area (Å²) in [5.41, 5.74) is -4.59. The van der Waals surface area contributed by atoms with E-state index in [1.54, 1.807) is 92.7 Å².